The number of amides is 2. The highest BCUT2D eigenvalue weighted by Crippen LogP contribution is 2.48. The molecule has 1 aromatic rings. The zero-order chi connectivity index (χ0) is 24.1. The van der Waals surface area contributed by atoms with Crippen molar-refractivity contribution in [3.63, 3.8) is 0 Å². The van der Waals surface area contributed by atoms with E-state index >= 15 is 0 Å². The van der Waals surface area contributed by atoms with Crippen LogP contribution in [0.5, 0.6) is 0 Å². The average molecular weight is 516 g/mol. The Hall–Kier alpha value is -1.94. The van der Waals surface area contributed by atoms with Gasteiger partial charge < -0.3 is 0 Å². The SMILES string of the molecule is CC1C=C2C(=O)N(OS(=O)(=O)C(F)(F)F)C(=O)c3cccc(c32)C1SCCOS(C)(=O)=O. The predicted octanol–water partition coefficient (Wildman–Crippen LogP) is 2.23. The zero-order valence-corrected chi connectivity index (χ0v) is 18.9. The fraction of sp³-hybridized carbons (Fsp3) is 0.412. The van der Waals surface area contributed by atoms with Crippen molar-refractivity contribution in [2.24, 2.45) is 5.92 Å². The van der Waals surface area contributed by atoms with Gasteiger partial charge in [0.05, 0.1) is 18.4 Å². The van der Waals surface area contributed by atoms with Crippen LogP contribution in [0.3, 0.4) is 0 Å². The summed E-state index contributed by atoms with van der Waals surface area (Å²) in [5, 5.41) is -0.732. The van der Waals surface area contributed by atoms with Gasteiger partial charge in [0.25, 0.3) is 21.9 Å². The number of hydrogen-bond acceptors (Lipinski definition) is 9. The molecule has 15 heteroatoms. The van der Waals surface area contributed by atoms with Crippen LogP contribution in [0.15, 0.2) is 24.3 Å². The summed E-state index contributed by atoms with van der Waals surface area (Å²) in [7, 11) is -9.87. The van der Waals surface area contributed by atoms with E-state index in [1.807, 2.05) is 0 Å². The van der Waals surface area contributed by atoms with E-state index in [1.54, 1.807) is 13.0 Å². The Balaban J connectivity index is 1.95. The van der Waals surface area contributed by atoms with Crippen LogP contribution in [0, 0.1) is 5.92 Å². The summed E-state index contributed by atoms with van der Waals surface area (Å²) in [5.74, 6) is -2.81. The second-order valence-corrected chi connectivity index (χ2v) is 11.3. The van der Waals surface area contributed by atoms with Crippen LogP contribution >= 0.6 is 11.8 Å². The lowest BCUT2D eigenvalue weighted by atomic mass is 9.80. The normalized spacial score (nSPS) is 21.4. The van der Waals surface area contributed by atoms with E-state index in [9.17, 15) is 39.6 Å². The van der Waals surface area contributed by atoms with Gasteiger partial charge in [-0.3, -0.25) is 13.8 Å². The van der Waals surface area contributed by atoms with Crippen molar-refractivity contribution >= 4 is 49.4 Å². The second kappa shape index (κ2) is 8.44. The van der Waals surface area contributed by atoms with Crippen molar-refractivity contribution in [1.29, 1.82) is 0 Å². The number of benzene rings is 1. The van der Waals surface area contributed by atoms with Crippen molar-refractivity contribution in [2.45, 2.75) is 17.7 Å². The Morgan fingerprint density at radius 1 is 1.12 bits per heavy atom. The minimum atomic E-state index is -6.25. The maximum absolute atomic E-state index is 12.7. The molecule has 2 unspecified atom stereocenters. The fourth-order valence-corrected chi connectivity index (χ4v) is 5.40. The molecule has 1 heterocycles. The number of thioether (sulfide) groups is 1. The van der Waals surface area contributed by atoms with Crippen molar-refractivity contribution in [3.05, 3.63) is 41.0 Å². The summed E-state index contributed by atoms with van der Waals surface area (Å²) in [4.78, 5) is 25.4. The number of alkyl halides is 3. The first-order valence-corrected chi connectivity index (χ1v) is 13.1. The third-order valence-corrected chi connectivity index (χ3v) is 7.50. The third-order valence-electron chi connectivity index (χ3n) is 4.54. The Bertz CT molecular complexity index is 1210. The number of halogens is 3. The Morgan fingerprint density at radius 2 is 1.78 bits per heavy atom. The molecule has 0 saturated carbocycles. The van der Waals surface area contributed by atoms with Crippen molar-refractivity contribution in [1.82, 2.24) is 5.06 Å². The summed E-state index contributed by atoms with van der Waals surface area (Å²) in [6.45, 7) is 1.60. The highest BCUT2D eigenvalue weighted by molar-refractivity contribution is 7.99. The van der Waals surface area contributed by atoms with E-state index in [-0.39, 0.29) is 40.2 Å². The molecular formula is C17H16F3NO8S3. The molecule has 0 N–H and O–H groups in total. The number of nitrogens with zero attached hydrogens (tertiary/aromatic N) is 1. The van der Waals surface area contributed by atoms with Gasteiger partial charge in [0.1, 0.15) is 0 Å². The molecule has 0 spiro atoms. The average Bonchev–Trinajstić information content (AvgIpc) is 2.66. The standard InChI is InChI=1S/C17H16F3NO8S3/c1-9-8-12-13-10(14(9)30-7-6-28-31(2,24)25)4-3-5-11(13)15(22)21(16(12)23)29-32(26,27)17(18,19)20/h3-5,8-9,14H,6-7H2,1-2H3. The number of rotatable bonds is 7. The largest absolute Gasteiger partial charge is 0.525 e. The van der Waals surface area contributed by atoms with E-state index in [0.717, 1.165) is 6.26 Å². The minimum Gasteiger partial charge on any atom is -0.269 e. The molecule has 2 atom stereocenters. The Kier molecular flexibility index (Phi) is 6.52. The molecule has 0 aromatic heterocycles. The molecule has 1 aliphatic heterocycles. The van der Waals surface area contributed by atoms with Crippen LogP contribution in [0.4, 0.5) is 13.2 Å². The van der Waals surface area contributed by atoms with Gasteiger partial charge in [-0.1, -0.05) is 25.1 Å². The first-order valence-electron chi connectivity index (χ1n) is 8.85. The van der Waals surface area contributed by atoms with Crippen LogP contribution < -0.4 is 0 Å². The lowest BCUT2D eigenvalue weighted by molar-refractivity contribution is -0.144. The fourth-order valence-electron chi connectivity index (χ4n) is 3.30. The molecule has 0 fully saturated rings. The Morgan fingerprint density at radius 3 is 2.38 bits per heavy atom. The van der Waals surface area contributed by atoms with Gasteiger partial charge in [0, 0.05) is 22.1 Å². The van der Waals surface area contributed by atoms with Gasteiger partial charge in [0.2, 0.25) is 0 Å². The summed E-state index contributed by atoms with van der Waals surface area (Å²) < 4.78 is 91.6. The highest BCUT2D eigenvalue weighted by atomic mass is 32.2. The maximum Gasteiger partial charge on any atom is 0.525 e. The van der Waals surface area contributed by atoms with Gasteiger partial charge in [-0.05, 0) is 17.5 Å². The molecule has 0 radical (unpaired) electrons. The van der Waals surface area contributed by atoms with Gasteiger partial charge in [-0.2, -0.15) is 41.8 Å². The lowest BCUT2D eigenvalue weighted by Gasteiger charge is -2.35. The first kappa shape index (κ1) is 24.7. The molecule has 2 amide bonds. The predicted molar refractivity (Wildman–Crippen MR) is 107 cm³/mol. The van der Waals surface area contributed by atoms with Crippen LogP contribution in [0.1, 0.15) is 33.7 Å². The number of imide groups is 1. The van der Waals surface area contributed by atoms with E-state index in [1.165, 1.54) is 30.0 Å². The monoisotopic (exact) mass is 515 g/mol. The molecule has 9 nitrogen and oxygen atoms in total. The van der Waals surface area contributed by atoms with Crippen LogP contribution in [0.2, 0.25) is 0 Å². The molecule has 0 bridgehead atoms. The molecule has 32 heavy (non-hydrogen) atoms. The van der Waals surface area contributed by atoms with Gasteiger partial charge in [0.15, 0.2) is 0 Å². The van der Waals surface area contributed by atoms with E-state index in [0.29, 0.717) is 5.56 Å². The van der Waals surface area contributed by atoms with Crippen molar-refractivity contribution in [2.75, 3.05) is 18.6 Å². The van der Waals surface area contributed by atoms with Crippen LogP contribution in [-0.2, 0) is 33.5 Å². The smallest absolute Gasteiger partial charge is 0.269 e. The van der Waals surface area contributed by atoms with Crippen molar-refractivity contribution in [3.8, 4) is 0 Å². The number of carbonyl (C=O) groups excluding carboxylic acids is 2. The zero-order valence-electron chi connectivity index (χ0n) is 16.5. The summed E-state index contributed by atoms with van der Waals surface area (Å²) in [6, 6.07) is 4.30. The number of allylic oxidation sites excluding steroid dienone is 1. The minimum absolute atomic E-state index is 0.104. The first-order chi connectivity index (χ1) is 14.6. The highest BCUT2D eigenvalue weighted by Gasteiger charge is 2.52. The Labute approximate surface area is 185 Å². The van der Waals surface area contributed by atoms with E-state index < -0.39 is 42.6 Å². The quantitative estimate of drug-likeness (QED) is 0.233. The number of hydrogen-bond donors (Lipinski definition) is 0. The van der Waals surface area contributed by atoms with Gasteiger partial charge >= 0.3 is 15.6 Å². The topological polar surface area (TPSA) is 124 Å². The van der Waals surface area contributed by atoms with Gasteiger partial charge in [-0.25, -0.2) is 0 Å². The van der Waals surface area contributed by atoms with E-state index in [4.69, 9.17) is 4.18 Å². The molecule has 176 valence electrons. The molecule has 1 aliphatic carbocycles. The number of hydroxylamine groups is 2. The molecule has 0 saturated heterocycles. The molecule has 2 aliphatic rings. The molecule has 3 rings (SSSR count). The number of carbonyl (C=O) groups is 2. The van der Waals surface area contributed by atoms with Gasteiger partial charge in [-0.15, -0.1) is 9.35 Å². The second-order valence-electron chi connectivity index (χ2n) is 6.91. The van der Waals surface area contributed by atoms with Crippen molar-refractivity contribution < 1.29 is 48.1 Å². The third kappa shape index (κ3) is 4.71. The lowest BCUT2D eigenvalue weighted by Crippen LogP contribution is -2.46. The maximum atomic E-state index is 12.7. The van der Waals surface area contributed by atoms with E-state index in [2.05, 4.69) is 4.28 Å². The van der Waals surface area contributed by atoms with Crippen LogP contribution in [-0.4, -0.2) is 57.8 Å². The summed E-state index contributed by atoms with van der Waals surface area (Å²) in [5.41, 5.74) is -5.50. The van der Waals surface area contributed by atoms with Crippen LogP contribution in [0.25, 0.3) is 5.57 Å². The summed E-state index contributed by atoms with van der Waals surface area (Å²) >= 11 is 1.30. The molecular weight excluding hydrogens is 499 g/mol. The summed E-state index contributed by atoms with van der Waals surface area (Å²) in [6.07, 6.45) is 2.32. The molecule has 1 aromatic carbocycles.